The highest BCUT2D eigenvalue weighted by Gasteiger charge is 2.91. The number of hydrogen-bond acceptors (Lipinski definition) is 4. The van der Waals surface area contributed by atoms with Gasteiger partial charge in [-0.2, -0.15) is 57.1 Å². The standard InChI is InChI=1S/C11HF13S4/c12-6(13,1-2(25)4(27)5(28)3(1)26)7(14,15)8(16,17)9(18,19)10(20,21)11(22,23)24/h25H. The highest BCUT2D eigenvalue weighted by molar-refractivity contribution is 7.81. The van der Waals surface area contributed by atoms with Crippen LogP contribution in [0.15, 0.2) is 4.90 Å². The number of rotatable bonds is 5. The third-order valence-corrected chi connectivity index (χ3v) is 5.42. The number of halogens is 13. The van der Waals surface area contributed by atoms with Crippen LogP contribution in [0.3, 0.4) is 0 Å². The molecule has 0 aromatic heterocycles. The molecule has 0 fully saturated rings. The van der Waals surface area contributed by atoms with E-state index in [2.05, 4.69) is 49.3 Å². The summed E-state index contributed by atoms with van der Waals surface area (Å²) in [6.45, 7) is 0. The van der Waals surface area contributed by atoms with Gasteiger partial charge in [0.2, 0.25) is 0 Å². The lowest BCUT2D eigenvalue weighted by Crippen LogP contribution is -2.69. The van der Waals surface area contributed by atoms with E-state index in [-0.39, 0.29) is 0 Å². The van der Waals surface area contributed by atoms with E-state index in [0.29, 0.717) is 0 Å². The SMILES string of the molecule is FC(F)(F)C(F)(F)C(F)(F)C(F)(F)C(F)(F)C(F)(F)c1c(S)c(=S)c(=S)c1=S. The zero-order chi connectivity index (χ0) is 22.9. The van der Waals surface area contributed by atoms with Crippen LogP contribution in [-0.2, 0) is 5.92 Å². The zero-order valence-corrected chi connectivity index (χ0v) is 15.4. The van der Waals surface area contributed by atoms with Gasteiger partial charge in [0.15, 0.2) is 0 Å². The van der Waals surface area contributed by atoms with E-state index in [1.54, 1.807) is 0 Å². The Bertz CT molecular complexity index is 920. The fraction of sp³-hybridized carbons (Fsp3) is 0.545. The van der Waals surface area contributed by atoms with Gasteiger partial charge in [-0.1, -0.05) is 36.7 Å². The first-order valence-corrected chi connectivity index (χ1v) is 7.71. The maximum Gasteiger partial charge on any atom is 0.460 e. The van der Waals surface area contributed by atoms with E-state index >= 15 is 0 Å². The third-order valence-electron chi connectivity index (χ3n) is 3.34. The van der Waals surface area contributed by atoms with Crippen molar-refractivity contribution < 1.29 is 57.1 Å². The molecule has 0 bridgehead atoms. The molecule has 17 heteroatoms. The molecule has 0 heterocycles. The van der Waals surface area contributed by atoms with Crippen molar-refractivity contribution in [2.45, 2.75) is 40.7 Å². The first-order chi connectivity index (χ1) is 12.0. The molecule has 0 aliphatic carbocycles. The summed E-state index contributed by atoms with van der Waals surface area (Å²) in [7, 11) is 0. The van der Waals surface area contributed by atoms with Crippen molar-refractivity contribution >= 4 is 49.3 Å². The number of thiol groups is 1. The minimum absolute atomic E-state index is 0.940. The van der Waals surface area contributed by atoms with E-state index in [1.165, 1.54) is 0 Å². The van der Waals surface area contributed by atoms with E-state index < -0.39 is 59.8 Å². The van der Waals surface area contributed by atoms with Gasteiger partial charge in [0.05, 0.1) is 19.1 Å². The summed E-state index contributed by atoms with van der Waals surface area (Å²) in [5.74, 6) is -37.8. The largest absolute Gasteiger partial charge is 0.460 e. The summed E-state index contributed by atoms with van der Waals surface area (Å²) in [4.78, 5) is -1.42. The summed E-state index contributed by atoms with van der Waals surface area (Å²) >= 11 is 16.0. The van der Waals surface area contributed by atoms with Crippen molar-refractivity contribution in [1.82, 2.24) is 0 Å². The number of hydrogen-bond donors (Lipinski definition) is 1. The summed E-state index contributed by atoms with van der Waals surface area (Å²) in [5.41, 5.74) is -2.38. The Kier molecular flexibility index (Phi) is 6.13. The van der Waals surface area contributed by atoms with Crippen LogP contribution in [0.1, 0.15) is 5.56 Å². The average molecular weight is 508 g/mol. The molecular formula is C11HF13S4. The summed E-state index contributed by atoms with van der Waals surface area (Å²) < 4.78 is 167. The quantitative estimate of drug-likeness (QED) is 0.253. The summed E-state index contributed by atoms with van der Waals surface area (Å²) in [6.07, 6.45) is -7.48. The van der Waals surface area contributed by atoms with Gasteiger partial charge in [0.25, 0.3) is 0 Å². The van der Waals surface area contributed by atoms with E-state index in [0.717, 1.165) is 0 Å². The van der Waals surface area contributed by atoms with Gasteiger partial charge in [-0.25, -0.2) is 0 Å². The van der Waals surface area contributed by atoms with Crippen LogP contribution in [0.5, 0.6) is 0 Å². The second-order valence-electron chi connectivity index (χ2n) is 5.08. The van der Waals surface area contributed by atoms with Crippen molar-refractivity contribution in [2.75, 3.05) is 0 Å². The van der Waals surface area contributed by atoms with Crippen LogP contribution in [0.25, 0.3) is 0 Å². The Morgan fingerprint density at radius 1 is 0.500 bits per heavy atom. The molecule has 0 spiro atoms. The predicted octanol–water partition coefficient (Wildman–Crippen LogP) is 7.23. The molecular weight excluding hydrogens is 507 g/mol. The predicted molar refractivity (Wildman–Crippen MR) is 78.3 cm³/mol. The van der Waals surface area contributed by atoms with Crippen LogP contribution >= 0.6 is 49.3 Å². The minimum atomic E-state index is -8.00. The molecule has 0 saturated heterocycles. The second kappa shape index (κ2) is 6.73. The first-order valence-electron chi connectivity index (χ1n) is 6.04. The van der Waals surface area contributed by atoms with Crippen molar-refractivity contribution in [3.8, 4) is 0 Å². The van der Waals surface area contributed by atoms with Gasteiger partial charge in [0, 0.05) is 4.90 Å². The van der Waals surface area contributed by atoms with E-state index in [9.17, 15) is 57.1 Å². The van der Waals surface area contributed by atoms with Crippen LogP contribution in [0.4, 0.5) is 57.1 Å². The Hall–Kier alpha value is -0.550. The Labute approximate surface area is 166 Å². The van der Waals surface area contributed by atoms with Crippen LogP contribution in [0, 0.1) is 13.5 Å². The molecule has 160 valence electrons. The first kappa shape index (κ1) is 25.5. The van der Waals surface area contributed by atoms with Gasteiger partial charge in [-0.05, 0) is 0 Å². The third kappa shape index (κ3) is 3.07. The molecule has 28 heavy (non-hydrogen) atoms. The Morgan fingerprint density at radius 3 is 1.14 bits per heavy atom. The van der Waals surface area contributed by atoms with Crippen molar-refractivity contribution in [1.29, 1.82) is 0 Å². The Morgan fingerprint density at radius 2 is 0.857 bits per heavy atom. The van der Waals surface area contributed by atoms with Gasteiger partial charge < -0.3 is 0 Å². The maximum absolute atomic E-state index is 14.1. The van der Waals surface area contributed by atoms with Gasteiger partial charge >= 0.3 is 35.8 Å². The van der Waals surface area contributed by atoms with Crippen LogP contribution < -0.4 is 0 Å². The van der Waals surface area contributed by atoms with E-state index in [1.807, 2.05) is 0 Å². The summed E-state index contributed by atoms with van der Waals surface area (Å²) in [5, 5.41) is 0. The molecule has 1 aromatic rings. The molecule has 0 radical (unpaired) electrons. The fourth-order valence-electron chi connectivity index (χ4n) is 1.76. The summed E-state index contributed by atoms with van der Waals surface area (Å²) in [6, 6.07) is 0. The lowest BCUT2D eigenvalue weighted by atomic mass is 9.91. The van der Waals surface area contributed by atoms with Crippen molar-refractivity contribution in [3.05, 3.63) is 19.1 Å². The highest BCUT2D eigenvalue weighted by atomic mass is 32.1. The molecule has 1 aromatic carbocycles. The fourth-order valence-corrected chi connectivity index (χ4v) is 3.08. The van der Waals surface area contributed by atoms with E-state index in [4.69, 9.17) is 0 Å². The van der Waals surface area contributed by atoms with Crippen LogP contribution in [0.2, 0.25) is 0 Å². The topological polar surface area (TPSA) is 0 Å². The van der Waals surface area contributed by atoms with Gasteiger partial charge in [-0.3, -0.25) is 0 Å². The van der Waals surface area contributed by atoms with Gasteiger partial charge in [-0.15, -0.1) is 12.6 Å². The molecule has 0 aliphatic heterocycles. The molecule has 0 unspecified atom stereocenters. The normalized spacial score (nSPS) is 15.2. The molecule has 0 nitrogen and oxygen atoms in total. The highest BCUT2D eigenvalue weighted by Crippen LogP contribution is 2.62. The molecule has 0 atom stereocenters. The second-order valence-corrected chi connectivity index (χ2v) is 6.75. The minimum Gasteiger partial charge on any atom is -0.194 e. The van der Waals surface area contributed by atoms with Crippen molar-refractivity contribution in [3.63, 3.8) is 0 Å². The number of alkyl halides is 13. The monoisotopic (exact) mass is 508 g/mol. The molecule has 1 rings (SSSR count). The molecule has 0 saturated carbocycles. The Balaban J connectivity index is 3.82. The zero-order valence-electron chi connectivity index (χ0n) is 12.1. The van der Waals surface area contributed by atoms with Crippen molar-refractivity contribution in [2.24, 2.45) is 0 Å². The lowest BCUT2D eigenvalue weighted by Gasteiger charge is -2.39. The molecule has 0 N–H and O–H groups in total. The lowest BCUT2D eigenvalue weighted by molar-refractivity contribution is -0.441. The maximum atomic E-state index is 14.1. The molecule has 0 amide bonds. The van der Waals surface area contributed by atoms with Gasteiger partial charge in [0.1, 0.15) is 0 Å². The molecule has 0 aliphatic rings. The average Bonchev–Trinajstić information content (AvgIpc) is 2.69. The van der Waals surface area contributed by atoms with Crippen LogP contribution in [-0.4, -0.2) is 29.9 Å². The smallest absolute Gasteiger partial charge is 0.194 e.